The number of nitrogens with zero attached hydrogens (tertiary/aromatic N) is 3. The second kappa shape index (κ2) is 4.19. The third-order valence-corrected chi connectivity index (χ3v) is 4.50. The first-order chi connectivity index (χ1) is 8.56. The number of nitrogens with two attached hydrogens (primary N) is 1. The zero-order valence-corrected chi connectivity index (χ0v) is 12.5. The van der Waals surface area contributed by atoms with Crippen LogP contribution in [0.5, 0.6) is 0 Å². The number of anilines is 2. The lowest BCUT2D eigenvalue weighted by atomic mass is 10.00. The topological polar surface area (TPSA) is 85.8 Å². The molecule has 1 amide bonds. The number of fused-ring (bicyclic) bond motifs is 3. The summed E-state index contributed by atoms with van der Waals surface area (Å²) in [6, 6.07) is 0. The Balaban J connectivity index is 2.12. The van der Waals surface area contributed by atoms with Crippen LogP contribution >= 0.6 is 34.2 Å². The van der Waals surface area contributed by atoms with Gasteiger partial charge in [-0.05, 0) is 12.8 Å². The highest BCUT2D eigenvalue weighted by Crippen LogP contribution is 2.42. The maximum absolute atomic E-state index is 11.1. The van der Waals surface area contributed by atoms with Gasteiger partial charge in [-0.25, -0.2) is 7.88 Å². The monoisotopic (exact) mass is 375 g/mol. The van der Waals surface area contributed by atoms with Gasteiger partial charge >= 0.3 is 0 Å². The minimum Gasteiger partial charge on any atom is -0.382 e. The molecule has 0 aliphatic heterocycles. The zero-order valence-electron chi connectivity index (χ0n) is 9.53. The Hall–Kier alpha value is -1.16. The molecule has 8 heteroatoms. The third-order valence-electron chi connectivity index (χ3n) is 2.78. The van der Waals surface area contributed by atoms with Crippen molar-refractivity contribution in [1.29, 1.82) is 0 Å². The molecule has 2 aromatic heterocycles. The summed E-state index contributed by atoms with van der Waals surface area (Å²) in [5, 5.41) is 7.59. The molecule has 2 aromatic rings. The summed E-state index contributed by atoms with van der Waals surface area (Å²) in [5.74, 6) is 0.475. The first-order valence-electron chi connectivity index (χ1n) is 5.37. The summed E-state index contributed by atoms with van der Waals surface area (Å²) in [4.78, 5) is 16.6. The summed E-state index contributed by atoms with van der Waals surface area (Å²) in [6.45, 7) is 1.48. The van der Waals surface area contributed by atoms with Crippen LogP contribution in [0.2, 0.25) is 0 Å². The van der Waals surface area contributed by atoms with Crippen molar-refractivity contribution < 1.29 is 4.79 Å². The molecular weight excluding hydrogens is 365 g/mol. The van der Waals surface area contributed by atoms with Crippen LogP contribution in [0.15, 0.2) is 0 Å². The van der Waals surface area contributed by atoms with Crippen molar-refractivity contribution in [2.75, 3.05) is 11.1 Å². The Bertz CT molecular complexity index is 647. The highest BCUT2D eigenvalue weighted by molar-refractivity contribution is 14.1. The van der Waals surface area contributed by atoms with Crippen LogP contribution in [0.3, 0.4) is 0 Å². The molecule has 2 heterocycles. The number of halogens is 1. The molecule has 1 aliphatic rings. The number of amides is 1. The lowest BCUT2D eigenvalue weighted by Gasteiger charge is -2.10. The number of thiazole rings is 1. The predicted molar refractivity (Wildman–Crippen MR) is 78.9 cm³/mol. The summed E-state index contributed by atoms with van der Waals surface area (Å²) in [7, 11) is 0. The Labute approximate surface area is 121 Å². The quantitative estimate of drug-likeness (QED) is 0.745. The van der Waals surface area contributed by atoms with E-state index in [-0.39, 0.29) is 5.91 Å². The molecule has 0 bridgehead atoms. The van der Waals surface area contributed by atoms with Crippen molar-refractivity contribution in [1.82, 2.24) is 13.0 Å². The Morgan fingerprint density at radius 1 is 1.56 bits per heavy atom. The molecule has 0 spiro atoms. The van der Waals surface area contributed by atoms with Gasteiger partial charge in [0.25, 0.3) is 0 Å². The third kappa shape index (κ3) is 1.79. The highest BCUT2D eigenvalue weighted by Gasteiger charge is 2.27. The van der Waals surface area contributed by atoms with Gasteiger partial charge in [-0.2, -0.15) is 0 Å². The molecule has 3 rings (SSSR count). The number of carbonyl (C=O) groups excluding carboxylic acids is 1. The van der Waals surface area contributed by atoms with E-state index in [1.54, 1.807) is 2.90 Å². The van der Waals surface area contributed by atoms with E-state index in [4.69, 9.17) is 5.73 Å². The van der Waals surface area contributed by atoms with Crippen LogP contribution in [-0.4, -0.2) is 18.9 Å². The fraction of sp³-hybridized carbons (Fsp3) is 0.300. The van der Waals surface area contributed by atoms with E-state index in [9.17, 15) is 4.79 Å². The van der Waals surface area contributed by atoms with Gasteiger partial charge in [-0.3, -0.25) is 4.79 Å². The minimum absolute atomic E-state index is 0.108. The van der Waals surface area contributed by atoms with E-state index in [0.29, 0.717) is 10.9 Å². The molecule has 0 saturated carbocycles. The van der Waals surface area contributed by atoms with Gasteiger partial charge < -0.3 is 11.1 Å². The number of aryl methyl sites for hydroxylation is 1. The Morgan fingerprint density at radius 2 is 2.33 bits per heavy atom. The molecule has 18 heavy (non-hydrogen) atoms. The number of hydrogen-bond donors (Lipinski definition) is 2. The molecule has 94 valence electrons. The van der Waals surface area contributed by atoms with Gasteiger partial charge in [0, 0.05) is 12.5 Å². The standard InChI is InChI=1S/C10H10IN5OS/c1-4(17)13-10-14-6-3-2-5-7(8(6)18-10)16(11)15-9(5)12/h2-3H2,1H3,(H2,12,15)(H,13,14,17). The van der Waals surface area contributed by atoms with Crippen molar-refractivity contribution in [2.24, 2.45) is 0 Å². The first-order valence-corrected chi connectivity index (χ1v) is 7.15. The molecule has 1 aliphatic carbocycles. The number of aromatic nitrogens is 3. The predicted octanol–water partition coefficient (Wildman–Crippen LogP) is 1.84. The molecule has 0 radical (unpaired) electrons. The van der Waals surface area contributed by atoms with Crippen molar-refractivity contribution >= 4 is 51.1 Å². The van der Waals surface area contributed by atoms with Crippen LogP contribution in [0.1, 0.15) is 18.2 Å². The minimum atomic E-state index is -0.108. The molecule has 0 fully saturated rings. The SMILES string of the molecule is CC(=O)Nc1nc2c(s1)-c1c(c(N)nn1I)CC2. The van der Waals surface area contributed by atoms with Gasteiger partial charge in [-0.15, -0.1) is 5.10 Å². The lowest BCUT2D eigenvalue weighted by molar-refractivity contribution is -0.114. The number of rotatable bonds is 1. The molecule has 6 nitrogen and oxygen atoms in total. The summed E-state index contributed by atoms with van der Waals surface area (Å²) in [6.07, 6.45) is 1.69. The molecule has 0 atom stereocenters. The smallest absolute Gasteiger partial charge is 0.223 e. The van der Waals surface area contributed by atoms with Crippen LogP contribution < -0.4 is 11.1 Å². The molecule has 0 aromatic carbocycles. The van der Waals surface area contributed by atoms with E-state index in [2.05, 4.69) is 38.3 Å². The number of carbonyl (C=O) groups is 1. The molecule has 3 N–H and O–H groups in total. The van der Waals surface area contributed by atoms with E-state index in [1.165, 1.54) is 18.3 Å². The first kappa shape index (κ1) is 11.9. The van der Waals surface area contributed by atoms with Crippen LogP contribution in [0.25, 0.3) is 10.6 Å². The van der Waals surface area contributed by atoms with Crippen molar-refractivity contribution in [2.45, 2.75) is 19.8 Å². The van der Waals surface area contributed by atoms with Gasteiger partial charge in [-0.1, -0.05) is 11.3 Å². The Kier molecular flexibility index (Phi) is 2.77. The molecule has 0 unspecified atom stereocenters. The van der Waals surface area contributed by atoms with E-state index in [0.717, 1.165) is 34.7 Å². The Morgan fingerprint density at radius 3 is 3.06 bits per heavy atom. The van der Waals surface area contributed by atoms with Crippen LogP contribution in [0, 0.1) is 0 Å². The fourth-order valence-corrected chi connectivity index (χ4v) is 4.10. The van der Waals surface area contributed by atoms with Gasteiger partial charge in [0.2, 0.25) is 5.91 Å². The highest BCUT2D eigenvalue weighted by atomic mass is 127. The number of nitrogen functional groups attached to an aromatic ring is 1. The van der Waals surface area contributed by atoms with Crippen molar-refractivity contribution in [3.63, 3.8) is 0 Å². The van der Waals surface area contributed by atoms with Crippen LogP contribution in [0.4, 0.5) is 10.9 Å². The van der Waals surface area contributed by atoms with Crippen molar-refractivity contribution in [3.05, 3.63) is 11.3 Å². The maximum atomic E-state index is 11.1. The summed E-state index contributed by atoms with van der Waals surface area (Å²) >= 11 is 3.58. The number of hydrogen-bond acceptors (Lipinski definition) is 5. The largest absolute Gasteiger partial charge is 0.382 e. The summed E-state index contributed by atoms with van der Waals surface area (Å²) in [5.41, 5.74) is 8.99. The zero-order chi connectivity index (χ0) is 12.9. The normalized spacial score (nSPS) is 13.0. The van der Waals surface area contributed by atoms with Crippen LogP contribution in [-0.2, 0) is 17.6 Å². The van der Waals surface area contributed by atoms with E-state index >= 15 is 0 Å². The second-order valence-corrected chi connectivity index (χ2v) is 5.96. The van der Waals surface area contributed by atoms with Crippen molar-refractivity contribution in [3.8, 4) is 10.6 Å². The van der Waals surface area contributed by atoms with Gasteiger partial charge in [0.1, 0.15) is 5.82 Å². The molecule has 0 saturated heterocycles. The second-order valence-electron chi connectivity index (χ2n) is 4.05. The van der Waals surface area contributed by atoms with E-state index in [1.807, 2.05) is 0 Å². The van der Waals surface area contributed by atoms with Gasteiger partial charge in [0.05, 0.1) is 39.1 Å². The van der Waals surface area contributed by atoms with E-state index < -0.39 is 0 Å². The fourth-order valence-electron chi connectivity index (χ4n) is 2.06. The average molecular weight is 375 g/mol. The maximum Gasteiger partial charge on any atom is 0.223 e. The average Bonchev–Trinajstić information content (AvgIpc) is 2.79. The summed E-state index contributed by atoms with van der Waals surface area (Å²) < 4.78 is 1.76. The molecular formula is C10H10IN5OS. The van der Waals surface area contributed by atoms with Gasteiger partial charge in [0.15, 0.2) is 5.13 Å². The number of nitrogens with one attached hydrogen (secondary N) is 1. The lowest BCUT2D eigenvalue weighted by Crippen LogP contribution is -2.06.